The van der Waals surface area contributed by atoms with Gasteiger partial charge >= 0.3 is 12.1 Å². The molecule has 1 heterocycles. The highest BCUT2D eigenvalue weighted by Gasteiger charge is 2.51. The van der Waals surface area contributed by atoms with E-state index in [0.717, 1.165) is 22.3 Å². The largest absolute Gasteiger partial charge is 0.479 e. The number of fused-ring (bicyclic) bond motifs is 3. The quantitative estimate of drug-likeness (QED) is 0.637. The van der Waals surface area contributed by atoms with Crippen LogP contribution in [0.2, 0.25) is 0 Å². The average Bonchev–Trinajstić information content (AvgIpc) is 3.07. The molecule has 1 aliphatic heterocycles. The smallest absolute Gasteiger partial charge is 0.407 e. The van der Waals surface area contributed by atoms with E-state index in [-0.39, 0.29) is 31.5 Å². The minimum absolute atomic E-state index is 0.0951. The molecule has 0 aromatic heterocycles. The summed E-state index contributed by atoms with van der Waals surface area (Å²) in [5.41, 5.74) is 2.49. The van der Waals surface area contributed by atoms with Crippen molar-refractivity contribution in [2.24, 2.45) is 5.92 Å². The number of carbonyl (C=O) groups excluding carboxylic acids is 2. The molecule has 2 aliphatic rings. The first kappa shape index (κ1) is 21.8. The van der Waals surface area contributed by atoms with Gasteiger partial charge < -0.3 is 25.2 Å². The van der Waals surface area contributed by atoms with Crippen molar-refractivity contribution in [3.8, 4) is 11.1 Å². The third-order valence-electron chi connectivity index (χ3n) is 6.16. The van der Waals surface area contributed by atoms with E-state index in [1.165, 1.54) is 4.90 Å². The topological polar surface area (TPSA) is 116 Å². The number of β-amino-alcohol motifs (C(OH)–C–C–N with tert-alkyl or cyclic N) is 1. The van der Waals surface area contributed by atoms with Gasteiger partial charge in [0.05, 0.1) is 13.1 Å². The maximum absolute atomic E-state index is 12.8. The Bertz CT molecular complexity index is 1010. The number of hydrogen-bond acceptors (Lipinski definition) is 5. The lowest BCUT2D eigenvalue weighted by molar-refractivity contribution is -0.183. The van der Waals surface area contributed by atoms with Crippen LogP contribution in [-0.2, 0) is 14.3 Å². The number of aliphatic hydroxyl groups is 1. The maximum Gasteiger partial charge on any atom is 0.407 e. The SMILES string of the molecule is CC(C)[C@H](NC(=O)OCC1c2ccccc2-c2ccccc21)C(=O)N1CC(O)(C(=O)O)C1. The number of carboxylic acids is 1. The van der Waals surface area contributed by atoms with E-state index in [1.807, 2.05) is 48.5 Å². The Hall–Kier alpha value is -3.39. The van der Waals surface area contributed by atoms with Gasteiger partial charge in [-0.25, -0.2) is 9.59 Å². The van der Waals surface area contributed by atoms with Gasteiger partial charge in [-0.1, -0.05) is 62.4 Å². The van der Waals surface area contributed by atoms with Crippen LogP contribution in [-0.4, -0.2) is 64.4 Å². The van der Waals surface area contributed by atoms with Gasteiger partial charge in [0.2, 0.25) is 5.91 Å². The molecule has 0 radical (unpaired) electrons. The Morgan fingerprint density at radius 3 is 2.09 bits per heavy atom. The first-order valence-electron chi connectivity index (χ1n) is 10.6. The number of nitrogens with zero attached hydrogens (tertiary/aromatic N) is 1. The van der Waals surface area contributed by atoms with Gasteiger partial charge in [-0.2, -0.15) is 0 Å². The molecule has 2 amide bonds. The molecule has 1 fully saturated rings. The number of carboxylic acid groups (broad SMARTS) is 1. The maximum atomic E-state index is 12.8. The van der Waals surface area contributed by atoms with E-state index in [0.29, 0.717) is 0 Å². The minimum atomic E-state index is -1.93. The molecule has 8 heteroatoms. The van der Waals surface area contributed by atoms with Crippen LogP contribution in [0.3, 0.4) is 0 Å². The van der Waals surface area contributed by atoms with Crippen LogP contribution in [0.25, 0.3) is 11.1 Å². The molecule has 0 saturated carbocycles. The number of rotatable bonds is 6. The molecule has 8 nitrogen and oxygen atoms in total. The molecule has 2 aromatic rings. The summed E-state index contributed by atoms with van der Waals surface area (Å²) in [4.78, 5) is 37.6. The predicted octanol–water partition coefficient (Wildman–Crippen LogP) is 2.21. The Labute approximate surface area is 185 Å². The first-order valence-corrected chi connectivity index (χ1v) is 10.6. The van der Waals surface area contributed by atoms with Crippen LogP contribution < -0.4 is 5.32 Å². The average molecular weight is 438 g/mol. The van der Waals surface area contributed by atoms with E-state index < -0.39 is 29.6 Å². The second-order valence-electron chi connectivity index (χ2n) is 8.72. The zero-order valence-corrected chi connectivity index (χ0v) is 17.9. The van der Waals surface area contributed by atoms with Crippen molar-refractivity contribution in [3.63, 3.8) is 0 Å². The van der Waals surface area contributed by atoms with Crippen molar-refractivity contribution >= 4 is 18.0 Å². The normalized spacial score (nSPS) is 17.2. The fraction of sp³-hybridized carbons (Fsp3) is 0.375. The van der Waals surface area contributed by atoms with Gasteiger partial charge in [0, 0.05) is 5.92 Å². The van der Waals surface area contributed by atoms with Crippen molar-refractivity contribution in [1.29, 1.82) is 0 Å². The highest BCUT2D eigenvalue weighted by Crippen LogP contribution is 2.44. The monoisotopic (exact) mass is 438 g/mol. The predicted molar refractivity (Wildman–Crippen MR) is 116 cm³/mol. The van der Waals surface area contributed by atoms with Gasteiger partial charge in [0.1, 0.15) is 12.6 Å². The second kappa shape index (κ2) is 8.27. The summed E-state index contributed by atoms with van der Waals surface area (Å²) in [6, 6.07) is 15.1. The molecule has 4 rings (SSSR count). The summed E-state index contributed by atoms with van der Waals surface area (Å²) < 4.78 is 5.52. The Balaban J connectivity index is 1.40. The highest BCUT2D eigenvalue weighted by molar-refractivity contribution is 5.90. The Morgan fingerprint density at radius 2 is 1.59 bits per heavy atom. The number of likely N-dealkylation sites (tertiary alicyclic amines) is 1. The number of carbonyl (C=O) groups is 3. The van der Waals surface area contributed by atoms with Crippen molar-refractivity contribution in [3.05, 3.63) is 59.7 Å². The van der Waals surface area contributed by atoms with E-state index in [4.69, 9.17) is 9.84 Å². The molecule has 2 aromatic carbocycles. The third-order valence-corrected chi connectivity index (χ3v) is 6.16. The molecule has 1 saturated heterocycles. The fourth-order valence-corrected chi connectivity index (χ4v) is 4.35. The number of aliphatic carboxylic acids is 1. The third kappa shape index (κ3) is 3.82. The van der Waals surface area contributed by atoms with Crippen molar-refractivity contribution < 1.29 is 29.3 Å². The summed E-state index contributed by atoms with van der Waals surface area (Å²) in [6.45, 7) is 3.06. The van der Waals surface area contributed by atoms with E-state index >= 15 is 0 Å². The molecular formula is C24H26N2O6. The van der Waals surface area contributed by atoms with E-state index in [9.17, 15) is 19.5 Å². The van der Waals surface area contributed by atoms with Gasteiger partial charge in [-0.05, 0) is 28.2 Å². The molecule has 0 spiro atoms. The zero-order chi connectivity index (χ0) is 23.0. The van der Waals surface area contributed by atoms with Crippen LogP contribution in [0.1, 0.15) is 30.9 Å². The molecular weight excluding hydrogens is 412 g/mol. The van der Waals surface area contributed by atoms with Crippen molar-refractivity contribution in [2.45, 2.75) is 31.4 Å². The Kier molecular flexibility index (Phi) is 5.64. The van der Waals surface area contributed by atoms with Crippen molar-refractivity contribution in [1.82, 2.24) is 10.2 Å². The number of amides is 2. The number of alkyl carbamates (subject to hydrolysis) is 1. The van der Waals surface area contributed by atoms with Crippen LogP contribution in [0, 0.1) is 5.92 Å². The fourth-order valence-electron chi connectivity index (χ4n) is 4.35. The molecule has 0 bridgehead atoms. The van der Waals surface area contributed by atoms with Gasteiger partial charge in [0.15, 0.2) is 5.60 Å². The summed E-state index contributed by atoms with van der Waals surface area (Å²) >= 11 is 0. The summed E-state index contributed by atoms with van der Waals surface area (Å²) in [6.07, 6.45) is -0.715. The number of nitrogens with one attached hydrogen (secondary N) is 1. The van der Waals surface area contributed by atoms with E-state index in [2.05, 4.69) is 5.32 Å². The van der Waals surface area contributed by atoms with Crippen LogP contribution in [0.15, 0.2) is 48.5 Å². The number of ether oxygens (including phenoxy) is 1. The summed E-state index contributed by atoms with van der Waals surface area (Å²) in [5, 5.41) is 21.5. The summed E-state index contributed by atoms with van der Waals surface area (Å²) in [5.74, 6) is -2.16. The van der Waals surface area contributed by atoms with Crippen LogP contribution >= 0.6 is 0 Å². The first-order chi connectivity index (χ1) is 15.2. The second-order valence-corrected chi connectivity index (χ2v) is 8.72. The van der Waals surface area contributed by atoms with E-state index in [1.54, 1.807) is 13.8 Å². The summed E-state index contributed by atoms with van der Waals surface area (Å²) in [7, 11) is 0. The lowest BCUT2D eigenvalue weighted by Gasteiger charge is -2.44. The molecule has 0 unspecified atom stereocenters. The Morgan fingerprint density at radius 1 is 1.06 bits per heavy atom. The molecule has 168 valence electrons. The van der Waals surface area contributed by atoms with Gasteiger partial charge in [-0.15, -0.1) is 0 Å². The van der Waals surface area contributed by atoms with Gasteiger partial charge in [-0.3, -0.25) is 4.79 Å². The standard InChI is InChI=1S/C24H26N2O6/c1-14(2)20(21(27)26-12-24(31,13-26)22(28)29)25-23(30)32-11-19-17-9-5-3-7-15(17)16-8-4-6-10-18(16)19/h3-10,14,19-20,31H,11-13H2,1-2H3,(H,25,30)(H,28,29)/t20-/m0/s1. The molecule has 1 aliphatic carbocycles. The van der Waals surface area contributed by atoms with Crippen molar-refractivity contribution in [2.75, 3.05) is 19.7 Å². The number of benzene rings is 2. The highest BCUT2D eigenvalue weighted by atomic mass is 16.5. The van der Waals surface area contributed by atoms with Gasteiger partial charge in [0.25, 0.3) is 0 Å². The number of hydrogen-bond donors (Lipinski definition) is 3. The van der Waals surface area contributed by atoms with Crippen LogP contribution in [0.5, 0.6) is 0 Å². The molecule has 32 heavy (non-hydrogen) atoms. The zero-order valence-electron chi connectivity index (χ0n) is 17.9. The molecule has 3 N–H and O–H groups in total. The van der Waals surface area contributed by atoms with Crippen LogP contribution in [0.4, 0.5) is 4.79 Å². The lowest BCUT2D eigenvalue weighted by atomic mass is 9.92. The molecule has 1 atom stereocenters. The lowest BCUT2D eigenvalue weighted by Crippen LogP contribution is -2.70. The minimum Gasteiger partial charge on any atom is -0.479 e.